The number of rotatable bonds is 8. The largest absolute Gasteiger partial charge is 0.491 e. The molecule has 3 rings (SSSR count). The average molecular weight is 380 g/mol. The van der Waals surface area contributed by atoms with Crippen LogP contribution in [-0.2, 0) is 11.3 Å². The first-order chi connectivity index (χ1) is 13.5. The zero-order valence-corrected chi connectivity index (χ0v) is 17.2. The van der Waals surface area contributed by atoms with Crippen molar-refractivity contribution >= 4 is 16.9 Å². The molecule has 0 radical (unpaired) electrons. The van der Waals surface area contributed by atoms with E-state index in [1.165, 1.54) is 5.56 Å². The molecule has 0 aliphatic heterocycles. The fourth-order valence-electron chi connectivity index (χ4n) is 3.47. The van der Waals surface area contributed by atoms with E-state index in [2.05, 4.69) is 41.9 Å². The predicted octanol–water partition coefficient (Wildman–Crippen LogP) is 4.71. The van der Waals surface area contributed by atoms with E-state index < -0.39 is 0 Å². The number of para-hydroxylation sites is 2. The van der Waals surface area contributed by atoms with Crippen LogP contribution in [-0.4, -0.2) is 22.1 Å². The second-order valence-electron chi connectivity index (χ2n) is 7.27. The lowest BCUT2D eigenvalue weighted by atomic mass is 10.1. The fourth-order valence-corrected chi connectivity index (χ4v) is 3.47. The monoisotopic (exact) mass is 379 g/mol. The van der Waals surface area contributed by atoms with Gasteiger partial charge in [-0.25, -0.2) is 4.98 Å². The molecule has 1 heterocycles. The summed E-state index contributed by atoms with van der Waals surface area (Å²) in [5.74, 6) is 1.82. The van der Waals surface area contributed by atoms with Crippen LogP contribution in [0.15, 0.2) is 42.5 Å². The summed E-state index contributed by atoms with van der Waals surface area (Å²) in [7, 11) is 0. The van der Waals surface area contributed by atoms with Gasteiger partial charge in [0.05, 0.1) is 23.6 Å². The Morgan fingerprint density at radius 3 is 2.75 bits per heavy atom. The van der Waals surface area contributed by atoms with Gasteiger partial charge in [-0.1, -0.05) is 36.8 Å². The Kier molecular flexibility index (Phi) is 6.34. The van der Waals surface area contributed by atoms with Crippen molar-refractivity contribution < 1.29 is 9.53 Å². The van der Waals surface area contributed by atoms with Gasteiger partial charge in [0.2, 0.25) is 5.91 Å². The van der Waals surface area contributed by atoms with Gasteiger partial charge in [-0.05, 0) is 51.0 Å². The first kappa shape index (κ1) is 19.9. The maximum absolute atomic E-state index is 12.0. The maximum atomic E-state index is 12.0. The maximum Gasteiger partial charge on any atom is 0.220 e. The van der Waals surface area contributed by atoms with Crippen molar-refractivity contribution in [3.05, 3.63) is 59.4 Å². The summed E-state index contributed by atoms with van der Waals surface area (Å²) in [6, 6.07) is 14.1. The molecule has 2 aromatic carbocycles. The van der Waals surface area contributed by atoms with Gasteiger partial charge in [-0.2, -0.15) is 0 Å². The zero-order valence-electron chi connectivity index (χ0n) is 17.2. The highest BCUT2D eigenvalue weighted by Gasteiger charge is 2.18. The number of imidazole rings is 1. The summed E-state index contributed by atoms with van der Waals surface area (Å²) >= 11 is 0. The third-order valence-corrected chi connectivity index (χ3v) is 4.83. The standard InChI is InChI=1S/C23H29N3O2/c1-5-8-22(27)24-18(4)23-25-19-9-6-7-10-20(19)26(23)13-14-28-21-12-11-16(2)15-17(21)3/h6-7,9-12,15,18H,5,8,13-14H2,1-4H3,(H,24,27). The lowest BCUT2D eigenvalue weighted by molar-refractivity contribution is -0.121. The van der Waals surface area contributed by atoms with Crippen LogP contribution in [0.1, 0.15) is 49.7 Å². The molecule has 1 aromatic heterocycles. The third kappa shape index (κ3) is 4.53. The number of aromatic nitrogens is 2. The second-order valence-corrected chi connectivity index (χ2v) is 7.27. The average Bonchev–Trinajstić information content (AvgIpc) is 3.02. The highest BCUT2D eigenvalue weighted by atomic mass is 16.5. The fraction of sp³-hybridized carbons (Fsp3) is 0.391. The van der Waals surface area contributed by atoms with E-state index in [9.17, 15) is 4.79 Å². The first-order valence-electron chi connectivity index (χ1n) is 9.94. The van der Waals surface area contributed by atoms with Crippen LogP contribution in [0.5, 0.6) is 5.75 Å². The molecule has 1 unspecified atom stereocenters. The van der Waals surface area contributed by atoms with Gasteiger partial charge in [0.25, 0.3) is 0 Å². The Balaban J connectivity index is 1.79. The molecule has 0 spiro atoms. The number of carbonyl (C=O) groups is 1. The first-order valence-corrected chi connectivity index (χ1v) is 9.94. The highest BCUT2D eigenvalue weighted by molar-refractivity contribution is 5.78. The minimum Gasteiger partial charge on any atom is -0.491 e. The molecule has 0 saturated heterocycles. The van der Waals surface area contributed by atoms with Crippen LogP contribution in [0.4, 0.5) is 0 Å². The van der Waals surface area contributed by atoms with Crippen molar-refractivity contribution in [3.63, 3.8) is 0 Å². The van der Waals surface area contributed by atoms with Crippen molar-refractivity contribution in [3.8, 4) is 5.75 Å². The number of aryl methyl sites for hydroxylation is 2. The minimum atomic E-state index is -0.160. The summed E-state index contributed by atoms with van der Waals surface area (Å²) in [5, 5.41) is 3.06. The molecule has 3 aromatic rings. The van der Waals surface area contributed by atoms with Gasteiger partial charge >= 0.3 is 0 Å². The van der Waals surface area contributed by atoms with Crippen molar-refractivity contribution in [1.82, 2.24) is 14.9 Å². The lowest BCUT2D eigenvalue weighted by Crippen LogP contribution is -2.28. The predicted molar refractivity (Wildman–Crippen MR) is 113 cm³/mol. The SMILES string of the molecule is CCCC(=O)NC(C)c1nc2ccccc2n1CCOc1ccc(C)cc1C. The number of nitrogens with one attached hydrogen (secondary N) is 1. The number of nitrogens with zero attached hydrogens (tertiary/aromatic N) is 2. The molecule has 0 fully saturated rings. The van der Waals surface area contributed by atoms with Gasteiger partial charge in [0.15, 0.2) is 0 Å². The summed E-state index contributed by atoms with van der Waals surface area (Å²) in [5.41, 5.74) is 4.35. The van der Waals surface area contributed by atoms with Crippen LogP contribution in [0.2, 0.25) is 0 Å². The molecule has 148 valence electrons. The molecule has 28 heavy (non-hydrogen) atoms. The van der Waals surface area contributed by atoms with E-state index in [0.29, 0.717) is 19.6 Å². The Morgan fingerprint density at radius 1 is 1.21 bits per heavy atom. The normalized spacial score (nSPS) is 12.1. The van der Waals surface area contributed by atoms with Gasteiger partial charge in [-0.15, -0.1) is 0 Å². The van der Waals surface area contributed by atoms with Crippen molar-refractivity contribution in [2.75, 3.05) is 6.61 Å². The summed E-state index contributed by atoms with van der Waals surface area (Å²) in [6.45, 7) is 9.32. The topological polar surface area (TPSA) is 56.2 Å². The zero-order chi connectivity index (χ0) is 20.1. The summed E-state index contributed by atoms with van der Waals surface area (Å²) in [4.78, 5) is 16.8. The van der Waals surface area contributed by atoms with Gasteiger partial charge in [0.1, 0.15) is 18.2 Å². The van der Waals surface area contributed by atoms with Crippen molar-refractivity contribution in [1.29, 1.82) is 0 Å². The number of fused-ring (bicyclic) bond motifs is 1. The molecular weight excluding hydrogens is 350 g/mol. The number of carbonyl (C=O) groups excluding carboxylic acids is 1. The van der Waals surface area contributed by atoms with Crippen LogP contribution >= 0.6 is 0 Å². The molecule has 5 heteroatoms. The van der Waals surface area contributed by atoms with E-state index in [1.54, 1.807) is 0 Å². The van der Waals surface area contributed by atoms with E-state index >= 15 is 0 Å². The molecule has 5 nitrogen and oxygen atoms in total. The highest BCUT2D eigenvalue weighted by Crippen LogP contribution is 2.22. The Labute approximate surface area is 166 Å². The van der Waals surface area contributed by atoms with Crippen molar-refractivity contribution in [2.24, 2.45) is 0 Å². The molecule has 1 atom stereocenters. The van der Waals surface area contributed by atoms with Crippen LogP contribution in [0.3, 0.4) is 0 Å². The number of ether oxygens (including phenoxy) is 1. The summed E-state index contributed by atoms with van der Waals surface area (Å²) in [6.07, 6.45) is 1.36. The van der Waals surface area contributed by atoms with Crippen LogP contribution < -0.4 is 10.1 Å². The number of amides is 1. The Hall–Kier alpha value is -2.82. The third-order valence-electron chi connectivity index (χ3n) is 4.83. The second kappa shape index (κ2) is 8.91. The number of hydrogen-bond donors (Lipinski definition) is 1. The van der Waals surface area contributed by atoms with E-state index in [4.69, 9.17) is 9.72 Å². The van der Waals surface area contributed by atoms with Gasteiger partial charge in [-0.3, -0.25) is 4.79 Å². The minimum absolute atomic E-state index is 0.0557. The van der Waals surface area contributed by atoms with Crippen LogP contribution in [0.25, 0.3) is 11.0 Å². The van der Waals surface area contributed by atoms with E-state index in [-0.39, 0.29) is 11.9 Å². The van der Waals surface area contributed by atoms with Gasteiger partial charge < -0.3 is 14.6 Å². The lowest BCUT2D eigenvalue weighted by Gasteiger charge is -2.17. The molecule has 0 bridgehead atoms. The molecule has 1 N–H and O–H groups in total. The van der Waals surface area contributed by atoms with Gasteiger partial charge in [0, 0.05) is 6.42 Å². The molecular formula is C23H29N3O2. The quantitative estimate of drug-likeness (QED) is 0.617. The Morgan fingerprint density at radius 2 is 2.00 bits per heavy atom. The molecule has 0 saturated carbocycles. The molecule has 0 aliphatic carbocycles. The van der Waals surface area contributed by atoms with E-state index in [0.717, 1.165) is 34.6 Å². The molecule has 0 aliphatic rings. The Bertz CT molecular complexity index is 962. The number of hydrogen-bond acceptors (Lipinski definition) is 3. The molecule has 1 amide bonds. The van der Waals surface area contributed by atoms with Crippen LogP contribution in [0, 0.1) is 13.8 Å². The van der Waals surface area contributed by atoms with E-state index in [1.807, 2.05) is 38.1 Å². The van der Waals surface area contributed by atoms with Crippen molar-refractivity contribution in [2.45, 2.75) is 53.1 Å². The smallest absolute Gasteiger partial charge is 0.220 e. The summed E-state index contributed by atoms with van der Waals surface area (Å²) < 4.78 is 8.18. The number of benzene rings is 2.